The van der Waals surface area contributed by atoms with Crippen molar-refractivity contribution in [3.8, 4) is 5.75 Å². The van der Waals surface area contributed by atoms with Crippen molar-refractivity contribution in [1.82, 2.24) is 4.90 Å². The zero-order valence-corrected chi connectivity index (χ0v) is 20.3. The van der Waals surface area contributed by atoms with Gasteiger partial charge in [-0.1, -0.05) is 34.1 Å². The Hall–Kier alpha value is -2.88. The highest BCUT2D eigenvalue weighted by Gasteiger charge is 2.45. The van der Waals surface area contributed by atoms with Crippen LogP contribution in [0.2, 0.25) is 0 Å². The largest absolute Gasteiger partial charge is 0.496 e. The third-order valence-electron chi connectivity index (χ3n) is 6.52. The van der Waals surface area contributed by atoms with Crippen LogP contribution in [0.15, 0.2) is 53.0 Å². The first kappa shape index (κ1) is 25.2. The zero-order valence-electron chi connectivity index (χ0n) is 18.7. The molecule has 10 heteroatoms. The van der Waals surface area contributed by atoms with Crippen molar-refractivity contribution in [2.45, 2.75) is 25.6 Å². The summed E-state index contributed by atoms with van der Waals surface area (Å²) in [4.78, 5) is 28.1. The monoisotopic (exact) mass is 554 g/mol. The number of methoxy groups -OCH3 is 1. The summed E-state index contributed by atoms with van der Waals surface area (Å²) >= 11 is 2.88. The Bertz CT molecular complexity index is 1170. The van der Waals surface area contributed by atoms with Crippen molar-refractivity contribution in [3.63, 3.8) is 0 Å². The fraction of sp³-hybridized carbons (Fsp3) is 0.360. The first-order valence-corrected chi connectivity index (χ1v) is 11.8. The molecule has 1 aliphatic carbocycles. The normalized spacial score (nSPS) is 22.1. The van der Waals surface area contributed by atoms with E-state index in [0.717, 1.165) is 6.07 Å². The molecule has 0 bridgehead atoms. The number of allylic oxidation sites excluding steroid dienone is 2. The second kappa shape index (κ2) is 10.0. The highest BCUT2D eigenvalue weighted by molar-refractivity contribution is 9.10. The van der Waals surface area contributed by atoms with Crippen molar-refractivity contribution in [3.05, 3.63) is 70.0 Å². The molecule has 2 amide bonds. The van der Waals surface area contributed by atoms with E-state index in [9.17, 15) is 27.2 Å². The van der Waals surface area contributed by atoms with Gasteiger partial charge in [-0.2, -0.15) is 13.2 Å². The summed E-state index contributed by atoms with van der Waals surface area (Å²) in [5.74, 6) is -2.62. The summed E-state index contributed by atoms with van der Waals surface area (Å²) in [6.45, 7) is 0.384. The average molecular weight is 555 g/mol. The van der Waals surface area contributed by atoms with Crippen molar-refractivity contribution < 1.29 is 31.9 Å². The van der Waals surface area contributed by atoms with Crippen LogP contribution in [0.1, 0.15) is 24.0 Å². The molecular formula is C25H23BrF4N2O3. The number of piperidine rings is 1. The molecule has 186 valence electrons. The molecule has 1 heterocycles. The molecule has 0 saturated carbocycles. The number of carbonyl (C=O) groups excluding carboxylic acids is 2. The van der Waals surface area contributed by atoms with Gasteiger partial charge in [0.15, 0.2) is 0 Å². The number of carbonyl (C=O) groups is 2. The molecule has 0 aromatic heterocycles. The number of fused-ring (bicyclic) bond motifs is 1. The Kier molecular flexibility index (Phi) is 7.21. The molecule has 5 nitrogen and oxygen atoms in total. The molecule has 0 spiro atoms. The molecule has 2 aromatic rings. The van der Waals surface area contributed by atoms with Crippen LogP contribution < -0.4 is 10.1 Å². The van der Waals surface area contributed by atoms with Gasteiger partial charge >= 0.3 is 6.18 Å². The molecule has 35 heavy (non-hydrogen) atoms. The summed E-state index contributed by atoms with van der Waals surface area (Å²) in [7, 11) is 1.42. The Morgan fingerprint density at radius 2 is 2.03 bits per heavy atom. The number of anilines is 1. The van der Waals surface area contributed by atoms with Crippen LogP contribution in [-0.4, -0.2) is 30.4 Å². The Morgan fingerprint density at radius 3 is 2.74 bits per heavy atom. The smallest absolute Gasteiger partial charge is 0.417 e. The van der Waals surface area contributed by atoms with Gasteiger partial charge in [0.05, 0.1) is 31.1 Å². The maximum Gasteiger partial charge on any atom is 0.417 e. The third kappa shape index (κ3) is 5.22. The number of benzene rings is 2. The summed E-state index contributed by atoms with van der Waals surface area (Å²) in [5.41, 5.74) is -0.660. The minimum atomic E-state index is -4.59. The number of nitrogens with one attached hydrogen (secondary N) is 1. The third-order valence-corrected chi connectivity index (χ3v) is 7.21. The molecule has 1 fully saturated rings. The van der Waals surface area contributed by atoms with Crippen molar-refractivity contribution in [2.75, 3.05) is 19.0 Å². The lowest BCUT2D eigenvalue weighted by Gasteiger charge is -2.41. The number of likely N-dealkylation sites (tertiary alicyclic amines) is 1. The van der Waals surface area contributed by atoms with Gasteiger partial charge in [-0.05, 0) is 49.1 Å². The summed E-state index contributed by atoms with van der Waals surface area (Å²) in [6.07, 6.45) is 0.0137. The van der Waals surface area contributed by atoms with Crippen molar-refractivity contribution in [1.29, 1.82) is 0 Å². The van der Waals surface area contributed by atoms with Crippen LogP contribution in [0, 0.1) is 23.6 Å². The molecule has 4 rings (SSSR count). The second-order valence-electron chi connectivity index (χ2n) is 8.61. The van der Waals surface area contributed by atoms with Crippen LogP contribution in [0.3, 0.4) is 0 Å². The molecule has 0 radical (unpaired) electrons. The maximum atomic E-state index is 14.5. The number of nitrogens with zero attached hydrogens (tertiary/aromatic N) is 1. The first-order chi connectivity index (χ1) is 16.6. The van der Waals surface area contributed by atoms with E-state index in [4.69, 9.17) is 4.74 Å². The highest BCUT2D eigenvalue weighted by Crippen LogP contribution is 2.40. The van der Waals surface area contributed by atoms with E-state index in [1.54, 1.807) is 6.07 Å². The van der Waals surface area contributed by atoms with Crippen LogP contribution in [0.5, 0.6) is 5.75 Å². The number of hydrogen-bond donors (Lipinski definition) is 1. The lowest BCUT2D eigenvalue weighted by molar-refractivity contribution is -0.147. The fourth-order valence-electron chi connectivity index (χ4n) is 4.78. The lowest BCUT2D eigenvalue weighted by Crippen LogP contribution is -2.50. The SMILES string of the molecule is COc1cccc(F)c1CN1CC[C@@H]2C=CC[C@H](C(=O)Nc3ccc(Br)c(C(F)(F)F)c3)[C@@H]2C1=O. The predicted molar refractivity (Wildman–Crippen MR) is 125 cm³/mol. The molecular weight excluding hydrogens is 532 g/mol. The summed E-state index contributed by atoms with van der Waals surface area (Å²) in [5, 5.41) is 2.55. The quantitative estimate of drug-likeness (QED) is 0.375. The molecule has 0 unspecified atom stereocenters. The van der Waals surface area contributed by atoms with Gasteiger partial charge in [0.2, 0.25) is 11.8 Å². The number of halogens is 5. The van der Waals surface area contributed by atoms with E-state index in [1.165, 1.54) is 36.3 Å². The van der Waals surface area contributed by atoms with Gasteiger partial charge < -0.3 is 15.0 Å². The number of hydrogen-bond acceptors (Lipinski definition) is 3. The molecule has 1 N–H and O–H groups in total. The second-order valence-corrected chi connectivity index (χ2v) is 9.47. The summed E-state index contributed by atoms with van der Waals surface area (Å²) < 4.78 is 59.4. The first-order valence-electron chi connectivity index (χ1n) is 11.0. The van der Waals surface area contributed by atoms with Gasteiger partial charge in [-0.3, -0.25) is 9.59 Å². The zero-order chi connectivity index (χ0) is 25.3. The molecule has 3 atom stereocenters. The molecule has 2 aromatic carbocycles. The summed E-state index contributed by atoms with van der Waals surface area (Å²) in [6, 6.07) is 7.87. The van der Waals surface area contributed by atoms with Crippen LogP contribution >= 0.6 is 15.9 Å². The van der Waals surface area contributed by atoms with Gasteiger partial charge in [0, 0.05) is 22.3 Å². The van der Waals surface area contributed by atoms with E-state index in [0.29, 0.717) is 18.7 Å². The number of rotatable bonds is 5. The van der Waals surface area contributed by atoms with E-state index in [1.807, 2.05) is 12.2 Å². The van der Waals surface area contributed by atoms with E-state index in [-0.39, 0.29) is 40.5 Å². The standard InChI is InChI=1S/C25H23BrF4N2O3/c1-35-21-7-3-6-20(27)17(21)13-32-11-10-14-4-2-5-16(22(14)24(32)34)23(33)31-15-8-9-19(26)18(12-15)25(28,29)30/h2-4,6-9,12,14,16,22H,5,10-11,13H2,1H3,(H,31,33)/t14-,16-,22+/m0/s1. The number of ether oxygens (including phenoxy) is 1. The minimum absolute atomic E-state index is 0.00237. The maximum absolute atomic E-state index is 14.5. The van der Waals surface area contributed by atoms with Gasteiger partial charge in [0.1, 0.15) is 11.6 Å². The molecule has 2 aliphatic rings. The van der Waals surface area contributed by atoms with E-state index < -0.39 is 35.3 Å². The Labute approximate surface area is 208 Å². The van der Waals surface area contributed by atoms with Gasteiger partial charge in [-0.25, -0.2) is 4.39 Å². The Balaban J connectivity index is 1.55. The fourth-order valence-corrected chi connectivity index (χ4v) is 5.25. The van der Waals surface area contributed by atoms with Gasteiger partial charge in [0.25, 0.3) is 0 Å². The molecule has 1 saturated heterocycles. The highest BCUT2D eigenvalue weighted by atomic mass is 79.9. The number of amides is 2. The molecule has 1 aliphatic heterocycles. The predicted octanol–water partition coefficient (Wildman–Crippen LogP) is 5.80. The van der Waals surface area contributed by atoms with Crippen molar-refractivity contribution >= 4 is 33.4 Å². The van der Waals surface area contributed by atoms with Crippen LogP contribution in [-0.2, 0) is 22.3 Å². The average Bonchev–Trinajstić information content (AvgIpc) is 2.82. The van der Waals surface area contributed by atoms with Crippen LogP contribution in [0.25, 0.3) is 0 Å². The van der Waals surface area contributed by atoms with E-state index in [2.05, 4.69) is 21.2 Å². The van der Waals surface area contributed by atoms with Gasteiger partial charge in [-0.15, -0.1) is 0 Å². The van der Waals surface area contributed by atoms with Crippen LogP contribution in [0.4, 0.5) is 23.2 Å². The minimum Gasteiger partial charge on any atom is -0.496 e. The van der Waals surface area contributed by atoms with Crippen molar-refractivity contribution in [2.24, 2.45) is 17.8 Å². The topological polar surface area (TPSA) is 58.6 Å². The van der Waals surface area contributed by atoms with E-state index >= 15 is 0 Å². The lowest BCUT2D eigenvalue weighted by atomic mass is 9.71. The Morgan fingerprint density at radius 1 is 1.26 bits per heavy atom. The number of alkyl halides is 3.